The highest BCUT2D eigenvalue weighted by Crippen LogP contribution is 2.29. The second-order valence-electron chi connectivity index (χ2n) is 4.61. The Labute approximate surface area is 88.8 Å². The third kappa shape index (κ3) is 2.48. The molecule has 1 aliphatic heterocycles. The number of hydrogen-bond acceptors (Lipinski definition) is 2. The molecule has 0 spiro atoms. The van der Waals surface area contributed by atoms with Crippen molar-refractivity contribution >= 4 is 0 Å². The fourth-order valence-electron chi connectivity index (χ4n) is 2.89. The number of hydrogen-bond donors (Lipinski definition) is 1. The van der Waals surface area contributed by atoms with Gasteiger partial charge in [0.15, 0.2) is 0 Å². The van der Waals surface area contributed by atoms with Gasteiger partial charge in [0.05, 0.1) is 0 Å². The molecular formula is C12H26N2. The highest BCUT2D eigenvalue weighted by Gasteiger charge is 2.33. The predicted octanol–water partition coefficient (Wildman–Crippen LogP) is 2.38. The monoisotopic (exact) mass is 198 g/mol. The molecule has 1 heterocycles. The fourth-order valence-corrected chi connectivity index (χ4v) is 2.89. The molecule has 1 rings (SSSR count). The lowest BCUT2D eigenvalue weighted by molar-refractivity contribution is 0.129. The van der Waals surface area contributed by atoms with Gasteiger partial charge < -0.3 is 5.73 Å². The lowest BCUT2D eigenvalue weighted by Gasteiger charge is -2.35. The van der Waals surface area contributed by atoms with Crippen LogP contribution in [0.4, 0.5) is 0 Å². The van der Waals surface area contributed by atoms with Gasteiger partial charge in [0, 0.05) is 24.7 Å². The molecule has 2 N–H and O–H groups in total. The van der Waals surface area contributed by atoms with Crippen LogP contribution >= 0.6 is 0 Å². The van der Waals surface area contributed by atoms with Crippen LogP contribution in [0.5, 0.6) is 0 Å². The van der Waals surface area contributed by atoms with Crippen LogP contribution in [0, 0.1) is 0 Å². The van der Waals surface area contributed by atoms with Gasteiger partial charge >= 0.3 is 0 Å². The maximum Gasteiger partial charge on any atom is 0.0224 e. The van der Waals surface area contributed by atoms with Crippen LogP contribution in [-0.2, 0) is 0 Å². The molecule has 0 radical (unpaired) electrons. The molecule has 14 heavy (non-hydrogen) atoms. The number of rotatable bonds is 5. The zero-order valence-corrected chi connectivity index (χ0v) is 10.00. The minimum Gasteiger partial charge on any atom is -0.329 e. The summed E-state index contributed by atoms with van der Waals surface area (Å²) < 4.78 is 0. The van der Waals surface area contributed by atoms with E-state index in [9.17, 15) is 0 Å². The first-order valence-corrected chi connectivity index (χ1v) is 6.22. The molecule has 2 heteroatoms. The smallest absolute Gasteiger partial charge is 0.0224 e. The molecule has 0 aromatic carbocycles. The number of nitrogens with two attached hydrogens (primary N) is 1. The molecular weight excluding hydrogens is 172 g/mol. The SMILES string of the molecule is CCCC(CN)N1C(C)CCC1CC. The molecule has 0 aromatic rings. The van der Waals surface area contributed by atoms with E-state index in [0.717, 1.165) is 18.6 Å². The first-order chi connectivity index (χ1) is 6.74. The summed E-state index contributed by atoms with van der Waals surface area (Å²) in [4.78, 5) is 2.68. The van der Waals surface area contributed by atoms with Gasteiger partial charge in [-0.3, -0.25) is 4.90 Å². The van der Waals surface area contributed by atoms with Crippen molar-refractivity contribution in [2.24, 2.45) is 5.73 Å². The topological polar surface area (TPSA) is 29.3 Å². The molecule has 3 unspecified atom stereocenters. The van der Waals surface area contributed by atoms with Gasteiger partial charge in [-0.05, 0) is 32.6 Å². The van der Waals surface area contributed by atoms with Gasteiger partial charge in [-0.1, -0.05) is 20.3 Å². The Balaban J connectivity index is 2.60. The van der Waals surface area contributed by atoms with Crippen molar-refractivity contribution in [1.82, 2.24) is 4.90 Å². The zero-order chi connectivity index (χ0) is 10.6. The van der Waals surface area contributed by atoms with Crippen LogP contribution in [0.1, 0.15) is 52.9 Å². The average molecular weight is 198 g/mol. The number of likely N-dealkylation sites (tertiary alicyclic amines) is 1. The first-order valence-electron chi connectivity index (χ1n) is 6.22. The van der Waals surface area contributed by atoms with Gasteiger partial charge in [0.2, 0.25) is 0 Å². The number of nitrogens with zero attached hydrogens (tertiary/aromatic N) is 1. The average Bonchev–Trinajstić information content (AvgIpc) is 2.56. The Kier molecular flexibility index (Phi) is 4.90. The molecule has 1 saturated heterocycles. The summed E-state index contributed by atoms with van der Waals surface area (Å²) in [5, 5.41) is 0. The summed E-state index contributed by atoms with van der Waals surface area (Å²) in [6, 6.07) is 2.17. The second kappa shape index (κ2) is 5.72. The van der Waals surface area contributed by atoms with Crippen molar-refractivity contribution in [3.63, 3.8) is 0 Å². The first kappa shape index (κ1) is 12.0. The quantitative estimate of drug-likeness (QED) is 0.735. The van der Waals surface area contributed by atoms with Crippen molar-refractivity contribution in [3.05, 3.63) is 0 Å². The highest BCUT2D eigenvalue weighted by atomic mass is 15.2. The highest BCUT2D eigenvalue weighted by molar-refractivity contribution is 4.89. The standard InChI is InChI=1S/C12H26N2/c1-4-6-12(9-13)14-10(3)7-8-11(14)5-2/h10-12H,4-9,13H2,1-3H3. The maximum atomic E-state index is 5.88. The Morgan fingerprint density at radius 3 is 2.57 bits per heavy atom. The van der Waals surface area contributed by atoms with Gasteiger partial charge in [-0.25, -0.2) is 0 Å². The molecule has 84 valence electrons. The van der Waals surface area contributed by atoms with Crippen molar-refractivity contribution in [3.8, 4) is 0 Å². The molecule has 0 amide bonds. The van der Waals surface area contributed by atoms with E-state index >= 15 is 0 Å². The molecule has 0 saturated carbocycles. The molecule has 1 aliphatic rings. The van der Waals surface area contributed by atoms with Gasteiger partial charge in [0.1, 0.15) is 0 Å². The van der Waals surface area contributed by atoms with Crippen molar-refractivity contribution < 1.29 is 0 Å². The van der Waals surface area contributed by atoms with Gasteiger partial charge in [-0.2, -0.15) is 0 Å². The lowest BCUT2D eigenvalue weighted by Crippen LogP contribution is -2.46. The van der Waals surface area contributed by atoms with Crippen LogP contribution in [0.15, 0.2) is 0 Å². The van der Waals surface area contributed by atoms with Crippen molar-refractivity contribution in [2.45, 2.75) is 71.0 Å². The summed E-state index contributed by atoms with van der Waals surface area (Å²) in [6.07, 6.45) is 6.53. The Morgan fingerprint density at radius 2 is 2.07 bits per heavy atom. The van der Waals surface area contributed by atoms with E-state index in [1.165, 1.54) is 32.1 Å². The summed E-state index contributed by atoms with van der Waals surface area (Å²) >= 11 is 0. The molecule has 2 nitrogen and oxygen atoms in total. The third-order valence-corrected chi connectivity index (χ3v) is 3.64. The van der Waals surface area contributed by atoms with Gasteiger partial charge in [0.25, 0.3) is 0 Å². The van der Waals surface area contributed by atoms with E-state index in [1.807, 2.05) is 0 Å². The maximum absolute atomic E-state index is 5.88. The van der Waals surface area contributed by atoms with E-state index in [2.05, 4.69) is 25.7 Å². The summed E-state index contributed by atoms with van der Waals surface area (Å²) in [6.45, 7) is 7.74. The van der Waals surface area contributed by atoms with Crippen LogP contribution in [0.2, 0.25) is 0 Å². The second-order valence-corrected chi connectivity index (χ2v) is 4.61. The molecule has 1 fully saturated rings. The summed E-state index contributed by atoms with van der Waals surface area (Å²) in [7, 11) is 0. The summed E-state index contributed by atoms with van der Waals surface area (Å²) in [5.41, 5.74) is 5.88. The molecule has 3 atom stereocenters. The fraction of sp³-hybridized carbons (Fsp3) is 1.00. The van der Waals surface area contributed by atoms with Crippen molar-refractivity contribution in [1.29, 1.82) is 0 Å². The summed E-state index contributed by atoms with van der Waals surface area (Å²) in [5.74, 6) is 0. The Hall–Kier alpha value is -0.0800. The van der Waals surface area contributed by atoms with Gasteiger partial charge in [-0.15, -0.1) is 0 Å². The van der Waals surface area contributed by atoms with E-state index in [-0.39, 0.29) is 0 Å². The van der Waals surface area contributed by atoms with Crippen LogP contribution in [0.25, 0.3) is 0 Å². The molecule has 0 bridgehead atoms. The lowest BCUT2D eigenvalue weighted by atomic mass is 10.1. The third-order valence-electron chi connectivity index (χ3n) is 3.64. The van der Waals surface area contributed by atoms with E-state index in [0.29, 0.717) is 6.04 Å². The minimum atomic E-state index is 0.627. The normalized spacial score (nSPS) is 30.9. The molecule has 0 aromatic heterocycles. The molecule has 0 aliphatic carbocycles. The van der Waals surface area contributed by atoms with E-state index < -0.39 is 0 Å². The van der Waals surface area contributed by atoms with E-state index in [1.54, 1.807) is 0 Å². The van der Waals surface area contributed by atoms with Crippen LogP contribution in [-0.4, -0.2) is 29.6 Å². The Morgan fingerprint density at radius 1 is 1.36 bits per heavy atom. The minimum absolute atomic E-state index is 0.627. The largest absolute Gasteiger partial charge is 0.329 e. The van der Waals surface area contributed by atoms with Crippen LogP contribution < -0.4 is 5.73 Å². The Bertz CT molecular complexity index is 158. The predicted molar refractivity (Wildman–Crippen MR) is 62.4 cm³/mol. The van der Waals surface area contributed by atoms with Crippen LogP contribution in [0.3, 0.4) is 0 Å². The van der Waals surface area contributed by atoms with E-state index in [4.69, 9.17) is 5.73 Å². The zero-order valence-electron chi connectivity index (χ0n) is 10.00. The van der Waals surface area contributed by atoms with Crippen molar-refractivity contribution in [2.75, 3.05) is 6.54 Å².